The average molecular weight is 325 g/mol. The number of rotatable bonds is 4. The SMILES string of the molecule is Cc1cc(OCC(=O)Nc2ccc(N)cc2Cl)ccc1Cl. The number of carbonyl (C=O) groups is 1. The number of nitrogens with two attached hydrogens (primary N) is 1. The van der Waals surface area contributed by atoms with E-state index in [1.807, 2.05) is 6.92 Å². The quantitative estimate of drug-likeness (QED) is 0.838. The molecule has 4 nitrogen and oxygen atoms in total. The number of hydrogen-bond acceptors (Lipinski definition) is 3. The summed E-state index contributed by atoms with van der Waals surface area (Å²) in [6.45, 7) is 1.74. The average Bonchev–Trinajstić information content (AvgIpc) is 2.43. The molecule has 3 N–H and O–H groups in total. The Kier molecular flexibility index (Phi) is 4.94. The fourth-order valence-electron chi connectivity index (χ4n) is 1.67. The maximum atomic E-state index is 11.8. The summed E-state index contributed by atoms with van der Waals surface area (Å²) in [5.74, 6) is 0.268. The highest BCUT2D eigenvalue weighted by atomic mass is 35.5. The number of carbonyl (C=O) groups excluding carboxylic acids is 1. The van der Waals surface area contributed by atoms with Crippen LogP contribution in [-0.4, -0.2) is 12.5 Å². The van der Waals surface area contributed by atoms with Crippen LogP contribution in [0.2, 0.25) is 10.0 Å². The molecule has 21 heavy (non-hydrogen) atoms. The topological polar surface area (TPSA) is 64.3 Å². The number of aryl methyl sites for hydroxylation is 1. The van der Waals surface area contributed by atoms with Crippen LogP contribution in [0.15, 0.2) is 36.4 Å². The number of halogens is 2. The van der Waals surface area contributed by atoms with Gasteiger partial charge in [0.2, 0.25) is 0 Å². The Bertz CT molecular complexity index is 675. The highest BCUT2D eigenvalue weighted by Gasteiger charge is 2.07. The van der Waals surface area contributed by atoms with Gasteiger partial charge in [-0.25, -0.2) is 0 Å². The normalized spacial score (nSPS) is 10.2. The monoisotopic (exact) mass is 324 g/mol. The molecule has 0 spiro atoms. The Morgan fingerprint density at radius 3 is 2.62 bits per heavy atom. The van der Waals surface area contributed by atoms with E-state index in [-0.39, 0.29) is 12.5 Å². The van der Waals surface area contributed by atoms with Gasteiger partial charge in [0.05, 0.1) is 10.7 Å². The molecule has 0 radical (unpaired) electrons. The molecule has 0 aliphatic heterocycles. The fraction of sp³-hybridized carbons (Fsp3) is 0.133. The Labute approximate surface area is 132 Å². The highest BCUT2D eigenvalue weighted by molar-refractivity contribution is 6.34. The van der Waals surface area contributed by atoms with Gasteiger partial charge in [0.15, 0.2) is 6.61 Å². The van der Waals surface area contributed by atoms with E-state index in [0.717, 1.165) is 5.56 Å². The third kappa shape index (κ3) is 4.28. The molecule has 0 bridgehead atoms. The molecule has 0 aromatic heterocycles. The summed E-state index contributed by atoms with van der Waals surface area (Å²) in [6, 6.07) is 10.1. The fourth-order valence-corrected chi connectivity index (χ4v) is 2.03. The molecule has 0 saturated heterocycles. The van der Waals surface area contributed by atoms with Crippen LogP contribution in [0.25, 0.3) is 0 Å². The smallest absolute Gasteiger partial charge is 0.262 e. The number of benzene rings is 2. The first-order chi connectivity index (χ1) is 9.95. The third-order valence-corrected chi connectivity index (χ3v) is 3.50. The Balaban J connectivity index is 1.94. The molecule has 110 valence electrons. The summed E-state index contributed by atoms with van der Waals surface area (Å²) in [4.78, 5) is 11.8. The first-order valence-corrected chi connectivity index (χ1v) is 6.95. The Morgan fingerprint density at radius 2 is 1.95 bits per heavy atom. The second-order valence-corrected chi connectivity index (χ2v) is 5.30. The van der Waals surface area contributed by atoms with E-state index in [9.17, 15) is 4.79 Å². The van der Waals surface area contributed by atoms with Crippen LogP contribution < -0.4 is 15.8 Å². The van der Waals surface area contributed by atoms with Gasteiger partial charge >= 0.3 is 0 Å². The highest BCUT2D eigenvalue weighted by Crippen LogP contribution is 2.24. The van der Waals surface area contributed by atoms with Gasteiger partial charge in [0, 0.05) is 10.7 Å². The third-order valence-electron chi connectivity index (χ3n) is 2.77. The summed E-state index contributed by atoms with van der Waals surface area (Å²) in [5, 5.41) is 3.69. The molecule has 0 atom stereocenters. The van der Waals surface area contributed by atoms with E-state index in [0.29, 0.717) is 27.2 Å². The lowest BCUT2D eigenvalue weighted by molar-refractivity contribution is -0.118. The first-order valence-electron chi connectivity index (χ1n) is 6.19. The largest absolute Gasteiger partial charge is 0.484 e. The lowest BCUT2D eigenvalue weighted by Crippen LogP contribution is -2.20. The van der Waals surface area contributed by atoms with Crippen LogP contribution in [0, 0.1) is 6.92 Å². The van der Waals surface area contributed by atoms with Crippen molar-refractivity contribution in [2.75, 3.05) is 17.7 Å². The van der Waals surface area contributed by atoms with E-state index in [4.69, 9.17) is 33.7 Å². The maximum Gasteiger partial charge on any atom is 0.262 e. The van der Waals surface area contributed by atoms with Crippen molar-refractivity contribution in [2.24, 2.45) is 0 Å². The molecule has 0 unspecified atom stereocenters. The second kappa shape index (κ2) is 6.70. The number of anilines is 2. The van der Waals surface area contributed by atoms with Crippen LogP contribution >= 0.6 is 23.2 Å². The Hall–Kier alpha value is -1.91. The molecule has 0 heterocycles. The van der Waals surface area contributed by atoms with E-state index < -0.39 is 0 Å². The summed E-state index contributed by atoms with van der Waals surface area (Å²) < 4.78 is 5.40. The van der Waals surface area contributed by atoms with E-state index >= 15 is 0 Å². The maximum absolute atomic E-state index is 11.8. The predicted molar refractivity (Wildman–Crippen MR) is 86.2 cm³/mol. The van der Waals surface area contributed by atoms with Crippen molar-refractivity contribution < 1.29 is 9.53 Å². The van der Waals surface area contributed by atoms with Crippen molar-refractivity contribution in [3.63, 3.8) is 0 Å². The number of ether oxygens (including phenoxy) is 1. The van der Waals surface area contributed by atoms with Crippen LogP contribution in [0.4, 0.5) is 11.4 Å². The zero-order valence-corrected chi connectivity index (χ0v) is 12.8. The molecule has 2 rings (SSSR count). The molecule has 6 heteroatoms. The van der Waals surface area contributed by atoms with Crippen LogP contribution in [0.5, 0.6) is 5.75 Å². The number of nitrogen functional groups attached to an aromatic ring is 1. The molecule has 0 saturated carbocycles. The van der Waals surface area contributed by atoms with Crippen molar-refractivity contribution in [1.82, 2.24) is 0 Å². The molecular weight excluding hydrogens is 311 g/mol. The minimum absolute atomic E-state index is 0.123. The van der Waals surface area contributed by atoms with Gasteiger partial charge in [-0.2, -0.15) is 0 Å². The van der Waals surface area contributed by atoms with Crippen LogP contribution in [0.3, 0.4) is 0 Å². The molecule has 1 amide bonds. The molecule has 0 aliphatic rings. The number of nitrogens with one attached hydrogen (secondary N) is 1. The lowest BCUT2D eigenvalue weighted by Gasteiger charge is -2.10. The van der Waals surface area contributed by atoms with Gasteiger partial charge in [0.1, 0.15) is 5.75 Å². The summed E-state index contributed by atoms with van der Waals surface area (Å²) >= 11 is 11.9. The molecule has 0 aliphatic carbocycles. The zero-order valence-electron chi connectivity index (χ0n) is 11.3. The van der Waals surface area contributed by atoms with Crippen molar-refractivity contribution in [1.29, 1.82) is 0 Å². The van der Waals surface area contributed by atoms with Crippen molar-refractivity contribution in [2.45, 2.75) is 6.92 Å². The van der Waals surface area contributed by atoms with Gasteiger partial charge in [-0.05, 0) is 48.9 Å². The summed E-state index contributed by atoms with van der Waals surface area (Å²) in [7, 11) is 0. The standard InChI is InChI=1S/C15H14Cl2N2O2/c1-9-6-11(3-4-12(9)16)21-8-15(20)19-14-5-2-10(18)7-13(14)17/h2-7H,8,18H2,1H3,(H,19,20). The van der Waals surface area contributed by atoms with Gasteiger partial charge in [-0.3, -0.25) is 4.79 Å². The Morgan fingerprint density at radius 1 is 1.19 bits per heavy atom. The molecule has 0 fully saturated rings. The van der Waals surface area contributed by atoms with Crippen LogP contribution in [-0.2, 0) is 4.79 Å². The number of hydrogen-bond donors (Lipinski definition) is 2. The zero-order chi connectivity index (χ0) is 15.4. The molecular formula is C15H14Cl2N2O2. The summed E-state index contributed by atoms with van der Waals surface area (Å²) in [5.41, 5.74) is 7.50. The minimum Gasteiger partial charge on any atom is -0.484 e. The second-order valence-electron chi connectivity index (χ2n) is 4.49. The van der Waals surface area contributed by atoms with Gasteiger partial charge < -0.3 is 15.8 Å². The van der Waals surface area contributed by atoms with Crippen LogP contribution in [0.1, 0.15) is 5.56 Å². The molecule has 2 aromatic carbocycles. The van der Waals surface area contributed by atoms with Crippen molar-refractivity contribution >= 4 is 40.5 Å². The van der Waals surface area contributed by atoms with Gasteiger partial charge in [-0.15, -0.1) is 0 Å². The van der Waals surface area contributed by atoms with Crippen molar-refractivity contribution in [3.8, 4) is 5.75 Å². The number of amides is 1. The minimum atomic E-state index is -0.311. The van der Waals surface area contributed by atoms with E-state index in [2.05, 4.69) is 5.32 Å². The van der Waals surface area contributed by atoms with Crippen molar-refractivity contribution in [3.05, 3.63) is 52.0 Å². The van der Waals surface area contributed by atoms with E-state index in [1.54, 1.807) is 36.4 Å². The summed E-state index contributed by atoms with van der Waals surface area (Å²) in [6.07, 6.45) is 0. The van der Waals surface area contributed by atoms with Gasteiger partial charge in [0.25, 0.3) is 5.91 Å². The lowest BCUT2D eigenvalue weighted by atomic mass is 10.2. The molecule has 2 aromatic rings. The first kappa shape index (κ1) is 15.5. The van der Waals surface area contributed by atoms with E-state index in [1.165, 1.54) is 0 Å². The predicted octanol–water partition coefficient (Wildman–Crippen LogP) is 3.90. The van der Waals surface area contributed by atoms with Gasteiger partial charge in [-0.1, -0.05) is 23.2 Å².